The Labute approximate surface area is 362 Å². The summed E-state index contributed by atoms with van der Waals surface area (Å²) in [7, 11) is -4.62. The number of carbonyl (C=O) groups is 2. The molecular formula is C48H92NO9P. The summed E-state index contributed by atoms with van der Waals surface area (Å²) in [6.45, 7) is 3.89. The van der Waals surface area contributed by atoms with Gasteiger partial charge in [0.25, 0.3) is 0 Å². The van der Waals surface area contributed by atoms with Crippen molar-refractivity contribution in [2.75, 3.05) is 26.4 Å². The molecule has 3 atom stereocenters. The van der Waals surface area contributed by atoms with Crippen molar-refractivity contribution in [2.45, 2.75) is 244 Å². The zero-order valence-electron chi connectivity index (χ0n) is 38.1. The van der Waals surface area contributed by atoms with Crippen LogP contribution in [0.1, 0.15) is 232 Å². The van der Waals surface area contributed by atoms with Gasteiger partial charge < -0.3 is 25.2 Å². The van der Waals surface area contributed by atoms with Gasteiger partial charge in [-0.15, -0.1) is 0 Å². The lowest BCUT2D eigenvalue weighted by Gasteiger charge is -2.20. The fourth-order valence-electron chi connectivity index (χ4n) is 6.93. The van der Waals surface area contributed by atoms with Crippen LogP contribution in [0.5, 0.6) is 0 Å². The number of esters is 1. The number of carboxylic acid groups (broad SMARTS) is 1. The number of carboxylic acids is 1. The topological polar surface area (TPSA) is 155 Å². The number of allylic oxidation sites excluding steroid dienone is 4. The van der Waals surface area contributed by atoms with Gasteiger partial charge in [-0.3, -0.25) is 18.6 Å². The summed E-state index contributed by atoms with van der Waals surface area (Å²) in [5, 5.41) is 8.92. The molecule has 0 aromatic carbocycles. The molecule has 348 valence electrons. The van der Waals surface area contributed by atoms with E-state index in [1.165, 1.54) is 167 Å². The third kappa shape index (κ3) is 44.3. The van der Waals surface area contributed by atoms with Gasteiger partial charge in [0.1, 0.15) is 12.1 Å². The molecule has 4 N–H and O–H groups in total. The predicted octanol–water partition coefficient (Wildman–Crippen LogP) is 13.9. The summed E-state index contributed by atoms with van der Waals surface area (Å²) in [6, 6.07) is -1.47. The average molecular weight is 858 g/mol. The summed E-state index contributed by atoms with van der Waals surface area (Å²) >= 11 is 0. The molecule has 0 aromatic heterocycles. The first-order valence-electron chi connectivity index (χ1n) is 24.4. The van der Waals surface area contributed by atoms with Gasteiger partial charge in [0.2, 0.25) is 0 Å². The van der Waals surface area contributed by atoms with E-state index in [1.54, 1.807) is 0 Å². The summed E-state index contributed by atoms with van der Waals surface area (Å²) in [4.78, 5) is 33.6. The molecule has 0 aliphatic rings. The van der Waals surface area contributed by atoms with Crippen molar-refractivity contribution in [1.82, 2.24) is 0 Å². The number of phosphoric acid groups is 1. The molecule has 0 radical (unpaired) electrons. The minimum atomic E-state index is -4.62. The van der Waals surface area contributed by atoms with E-state index in [9.17, 15) is 19.0 Å². The molecule has 0 amide bonds. The molecule has 10 nitrogen and oxygen atoms in total. The Morgan fingerprint density at radius 2 is 0.932 bits per heavy atom. The number of ether oxygens (including phenoxy) is 2. The molecule has 0 fully saturated rings. The largest absolute Gasteiger partial charge is 0.480 e. The third-order valence-electron chi connectivity index (χ3n) is 10.7. The molecule has 0 spiro atoms. The maximum atomic E-state index is 12.7. The van der Waals surface area contributed by atoms with Crippen LogP contribution in [0.2, 0.25) is 0 Å². The maximum absolute atomic E-state index is 12.7. The van der Waals surface area contributed by atoms with Crippen molar-refractivity contribution < 1.29 is 42.7 Å². The van der Waals surface area contributed by atoms with E-state index in [2.05, 4.69) is 38.2 Å². The zero-order chi connectivity index (χ0) is 43.3. The van der Waals surface area contributed by atoms with Crippen LogP contribution in [0.25, 0.3) is 0 Å². The van der Waals surface area contributed by atoms with Gasteiger partial charge >= 0.3 is 19.8 Å². The second kappa shape index (κ2) is 44.5. The molecular weight excluding hydrogens is 765 g/mol. The highest BCUT2D eigenvalue weighted by Gasteiger charge is 2.27. The van der Waals surface area contributed by atoms with Gasteiger partial charge in [-0.1, -0.05) is 205 Å². The number of hydrogen-bond donors (Lipinski definition) is 3. The molecule has 0 saturated heterocycles. The molecule has 3 unspecified atom stereocenters. The van der Waals surface area contributed by atoms with Crippen LogP contribution in [0.15, 0.2) is 24.3 Å². The van der Waals surface area contributed by atoms with E-state index in [0.717, 1.165) is 44.9 Å². The Bertz CT molecular complexity index is 1040. The lowest BCUT2D eigenvalue weighted by atomic mass is 10.0. The van der Waals surface area contributed by atoms with Gasteiger partial charge in [-0.25, -0.2) is 4.57 Å². The molecule has 0 aromatic rings. The molecule has 0 bridgehead atoms. The van der Waals surface area contributed by atoms with Crippen LogP contribution >= 0.6 is 7.82 Å². The van der Waals surface area contributed by atoms with Crippen LogP contribution < -0.4 is 5.73 Å². The summed E-state index contributed by atoms with van der Waals surface area (Å²) in [6.07, 6.45) is 49.4. The van der Waals surface area contributed by atoms with E-state index >= 15 is 0 Å². The van der Waals surface area contributed by atoms with E-state index in [1.807, 2.05) is 0 Å². The highest BCUT2D eigenvalue weighted by Crippen LogP contribution is 2.43. The number of hydrogen-bond acceptors (Lipinski definition) is 8. The Kier molecular flexibility index (Phi) is 43.3. The summed E-state index contributed by atoms with van der Waals surface area (Å²) in [5.41, 5.74) is 5.37. The summed E-state index contributed by atoms with van der Waals surface area (Å²) < 4.78 is 33.5. The molecule has 59 heavy (non-hydrogen) atoms. The van der Waals surface area contributed by atoms with Crippen LogP contribution in [-0.4, -0.2) is 60.5 Å². The number of phosphoric ester groups is 1. The van der Waals surface area contributed by atoms with Crippen LogP contribution in [0, 0.1) is 0 Å². The molecule has 0 aliphatic carbocycles. The minimum absolute atomic E-state index is 0.0192. The van der Waals surface area contributed by atoms with E-state index < -0.39 is 45.1 Å². The number of nitrogens with two attached hydrogens (primary N) is 1. The fraction of sp³-hybridized carbons (Fsp3) is 0.875. The Morgan fingerprint density at radius 1 is 0.542 bits per heavy atom. The second-order valence-corrected chi connectivity index (χ2v) is 18.1. The van der Waals surface area contributed by atoms with Crippen LogP contribution in [0.3, 0.4) is 0 Å². The first-order valence-corrected chi connectivity index (χ1v) is 25.9. The minimum Gasteiger partial charge on any atom is -0.480 e. The van der Waals surface area contributed by atoms with Gasteiger partial charge in [0.15, 0.2) is 0 Å². The van der Waals surface area contributed by atoms with Crippen molar-refractivity contribution in [3.8, 4) is 0 Å². The summed E-state index contributed by atoms with van der Waals surface area (Å²) in [5.74, 6) is -1.77. The first-order chi connectivity index (χ1) is 28.7. The smallest absolute Gasteiger partial charge is 0.472 e. The van der Waals surface area contributed by atoms with E-state index in [0.29, 0.717) is 6.61 Å². The van der Waals surface area contributed by atoms with Crippen LogP contribution in [0.4, 0.5) is 0 Å². The van der Waals surface area contributed by atoms with Crippen LogP contribution in [-0.2, 0) is 32.7 Å². The van der Waals surface area contributed by atoms with E-state index in [4.69, 9.17) is 29.4 Å². The third-order valence-corrected chi connectivity index (χ3v) is 11.7. The monoisotopic (exact) mass is 858 g/mol. The quantitative estimate of drug-likeness (QED) is 0.0233. The SMILES string of the molecule is CCCCC/C=C\C/C=C\CCCCCCCCCCCCOCC(COP(=O)(O)OCC(N)C(=O)O)OC(=O)CCCCCCCCCCCCCCCCCCC. The highest BCUT2D eigenvalue weighted by molar-refractivity contribution is 7.47. The van der Waals surface area contributed by atoms with Gasteiger partial charge in [0, 0.05) is 13.0 Å². The molecule has 0 saturated carbocycles. The fourth-order valence-corrected chi connectivity index (χ4v) is 7.71. The van der Waals surface area contributed by atoms with Gasteiger partial charge in [-0.2, -0.15) is 0 Å². The molecule has 0 heterocycles. The van der Waals surface area contributed by atoms with Crippen molar-refractivity contribution in [1.29, 1.82) is 0 Å². The number of rotatable bonds is 47. The Morgan fingerprint density at radius 3 is 1.41 bits per heavy atom. The van der Waals surface area contributed by atoms with Crippen molar-refractivity contribution in [2.24, 2.45) is 5.73 Å². The van der Waals surface area contributed by atoms with Crippen molar-refractivity contribution >= 4 is 19.8 Å². The van der Waals surface area contributed by atoms with Crippen molar-refractivity contribution in [3.63, 3.8) is 0 Å². The number of unbranched alkanes of at least 4 members (excludes halogenated alkanes) is 29. The average Bonchev–Trinajstić information content (AvgIpc) is 3.21. The maximum Gasteiger partial charge on any atom is 0.472 e. The molecule has 0 aliphatic heterocycles. The normalized spacial score (nSPS) is 14.0. The lowest BCUT2D eigenvalue weighted by molar-refractivity contribution is -0.154. The van der Waals surface area contributed by atoms with Crippen molar-refractivity contribution in [3.05, 3.63) is 24.3 Å². The zero-order valence-corrected chi connectivity index (χ0v) is 39.0. The van der Waals surface area contributed by atoms with Gasteiger partial charge in [0.05, 0.1) is 19.8 Å². The second-order valence-electron chi connectivity index (χ2n) is 16.6. The number of carbonyl (C=O) groups excluding carboxylic acids is 1. The predicted molar refractivity (Wildman–Crippen MR) is 245 cm³/mol. The highest BCUT2D eigenvalue weighted by atomic mass is 31.2. The van der Waals surface area contributed by atoms with E-state index in [-0.39, 0.29) is 13.0 Å². The van der Waals surface area contributed by atoms with Gasteiger partial charge in [-0.05, 0) is 44.9 Å². The molecule has 0 rings (SSSR count). The lowest BCUT2D eigenvalue weighted by Crippen LogP contribution is -2.34. The first kappa shape index (κ1) is 57.4. The Balaban J connectivity index is 4.14. The Hall–Kier alpha value is -1.55. The standard InChI is InChI=1S/C48H92NO9P/c1-3-5-7-9-11-13-15-17-19-21-22-23-25-27-29-31-33-35-37-39-41-55-42-45(43-56-59(53,54)57-44-46(49)48(51)52)58-47(50)40-38-36-34-32-30-28-26-24-20-18-16-14-12-10-8-6-4-2/h11,13,17,19,45-46H,3-10,12,14-16,18,20-44,49H2,1-2H3,(H,51,52)(H,53,54)/b13-11-,19-17-. The molecule has 11 heteroatoms. The number of aliphatic carboxylic acids is 1.